The van der Waals surface area contributed by atoms with Gasteiger partial charge in [0.2, 0.25) is 5.91 Å². The molecule has 1 aliphatic heterocycles. The van der Waals surface area contributed by atoms with E-state index >= 15 is 0 Å². The smallest absolute Gasteiger partial charge is 0.407 e. The van der Waals surface area contributed by atoms with E-state index in [0.29, 0.717) is 6.54 Å². The highest BCUT2D eigenvalue weighted by atomic mass is 32.1. The topological polar surface area (TPSA) is 58.6 Å². The molecule has 1 N–H and O–H groups in total. The van der Waals surface area contributed by atoms with Crippen LogP contribution < -0.4 is 5.32 Å². The number of thiophene rings is 1. The highest BCUT2D eigenvalue weighted by molar-refractivity contribution is 7.10. The molecule has 25 heavy (non-hydrogen) atoms. The van der Waals surface area contributed by atoms with Crippen LogP contribution in [0.1, 0.15) is 35.4 Å². The Hall–Kier alpha value is -2.34. The number of amides is 2. The molecule has 2 heterocycles. The minimum Gasteiger partial charge on any atom is -0.445 e. The van der Waals surface area contributed by atoms with Crippen molar-refractivity contribution in [2.75, 3.05) is 13.1 Å². The molecule has 1 atom stereocenters. The van der Waals surface area contributed by atoms with Crippen LogP contribution in [-0.4, -0.2) is 30.0 Å². The van der Waals surface area contributed by atoms with Crippen molar-refractivity contribution < 1.29 is 14.3 Å². The Bertz CT molecular complexity index is 729. The minimum absolute atomic E-state index is 0.0381. The van der Waals surface area contributed by atoms with Crippen LogP contribution in [0.5, 0.6) is 0 Å². The van der Waals surface area contributed by atoms with Crippen LogP contribution in [0, 0.1) is 0 Å². The lowest BCUT2D eigenvalue weighted by atomic mass is 9.98. The molecular weight excluding hydrogens is 336 g/mol. The number of rotatable bonds is 5. The van der Waals surface area contributed by atoms with Crippen LogP contribution in [-0.2, 0) is 22.6 Å². The summed E-state index contributed by atoms with van der Waals surface area (Å²) in [6.07, 6.45) is 1.18. The zero-order valence-electron chi connectivity index (χ0n) is 14.2. The molecule has 5 nitrogen and oxygen atoms in total. The normalized spacial score (nSPS) is 16.2. The second-order valence-corrected chi connectivity index (χ2v) is 6.98. The summed E-state index contributed by atoms with van der Waals surface area (Å²) in [6, 6.07) is 11.7. The van der Waals surface area contributed by atoms with Crippen molar-refractivity contribution in [3.8, 4) is 0 Å². The fourth-order valence-corrected chi connectivity index (χ4v) is 4.09. The molecule has 2 aromatic rings. The van der Waals surface area contributed by atoms with E-state index in [1.54, 1.807) is 11.3 Å². The lowest BCUT2D eigenvalue weighted by Crippen LogP contribution is -2.44. The number of carbonyl (C=O) groups excluding carboxylic acids is 2. The van der Waals surface area contributed by atoms with Gasteiger partial charge in [-0.2, -0.15) is 0 Å². The Morgan fingerprint density at radius 3 is 2.84 bits per heavy atom. The molecule has 0 bridgehead atoms. The van der Waals surface area contributed by atoms with E-state index in [2.05, 4.69) is 23.7 Å². The molecule has 0 fully saturated rings. The molecule has 0 saturated heterocycles. The van der Waals surface area contributed by atoms with Gasteiger partial charge in [0.1, 0.15) is 13.2 Å². The zero-order valence-corrected chi connectivity index (χ0v) is 15.1. The fraction of sp³-hybridized carbons (Fsp3) is 0.368. The van der Waals surface area contributed by atoms with Crippen LogP contribution in [0.3, 0.4) is 0 Å². The van der Waals surface area contributed by atoms with Crippen LogP contribution >= 0.6 is 11.3 Å². The van der Waals surface area contributed by atoms with E-state index < -0.39 is 6.09 Å². The van der Waals surface area contributed by atoms with Gasteiger partial charge in [-0.05, 0) is 35.4 Å². The number of hydrogen-bond donors (Lipinski definition) is 1. The van der Waals surface area contributed by atoms with Gasteiger partial charge in [-0.25, -0.2) is 4.79 Å². The van der Waals surface area contributed by atoms with Crippen molar-refractivity contribution in [2.24, 2.45) is 0 Å². The fourth-order valence-electron chi connectivity index (χ4n) is 3.16. The van der Waals surface area contributed by atoms with E-state index in [1.165, 1.54) is 10.4 Å². The molecule has 1 unspecified atom stereocenters. The lowest BCUT2D eigenvalue weighted by molar-refractivity contribution is -0.133. The average Bonchev–Trinajstić information content (AvgIpc) is 3.13. The second-order valence-electron chi connectivity index (χ2n) is 5.98. The lowest BCUT2D eigenvalue weighted by Gasteiger charge is -2.35. The number of fused-ring (bicyclic) bond motifs is 1. The van der Waals surface area contributed by atoms with Crippen LogP contribution in [0.25, 0.3) is 0 Å². The van der Waals surface area contributed by atoms with Crippen LogP contribution in [0.2, 0.25) is 0 Å². The molecule has 3 rings (SSSR count). The maximum Gasteiger partial charge on any atom is 0.407 e. The van der Waals surface area contributed by atoms with E-state index in [1.807, 2.05) is 35.2 Å². The number of ether oxygens (including phenoxy) is 1. The molecule has 132 valence electrons. The summed E-state index contributed by atoms with van der Waals surface area (Å²) in [4.78, 5) is 27.6. The van der Waals surface area contributed by atoms with Gasteiger partial charge in [0, 0.05) is 11.4 Å². The van der Waals surface area contributed by atoms with Gasteiger partial charge >= 0.3 is 6.09 Å². The average molecular weight is 358 g/mol. The maximum atomic E-state index is 12.5. The van der Waals surface area contributed by atoms with Crippen LogP contribution in [0.15, 0.2) is 41.8 Å². The van der Waals surface area contributed by atoms with Gasteiger partial charge in [0.25, 0.3) is 0 Å². The first-order chi connectivity index (χ1) is 12.2. The van der Waals surface area contributed by atoms with Gasteiger partial charge in [-0.15, -0.1) is 11.3 Å². The Morgan fingerprint density at radius 1 is 1.28 bits per heavy atom. The number of nitrogens with one attached hydrogen (secondary N) is 1. The molecule has 0 aliphatic carbocycles. The third kappa shape index (κ3) is 4.20. The number of benzene rings is 1. The highest BCUT2D eigenvalue weighted by Crippen LogP contribution is 2.35. The molecule has 0 spiro atoms. The molecular formula is C19H22N2O3S. The molecule has 1 aromatic heterocycles. The first-order valence-corrected chi connectivity index (χ1v) is 9.37. The van der Waals surface area contributed by atoms with E-state index in [0.717, 1.165) is 18.4 Å². The van der Waals surface area contributed by atoms with Gasteiger partial charge in [-0.1, -0.05) is 37.3 Å². The molecule has 0 saturated carbocycles. The summed E-state index contributed by atoms with van der Waals surface area (Å²) >= 11 is 1.75. The van der Waals surface area contributed by atoms with Crippen molar-refractivity contribution in [1.29, 1.82) is 0 Å². The Kier molecular flexibility index (Phi) is 5.71. The molecule has 0 radical (unpaired) electrons. The predicted molar refractivity (Wildman–Crippen MR) is 97.4 cm³/mol. The van der Waals surface area contributed by atoms with Gasteiger partial charge in [-0.3, -0.25) is 4.79 Å². The number of nitrogens with zero attached hydrogens (tertiary/aromatic N) is 1. The first kappa shape index (κ1) is 17.5. The monoisotopic (exact) mass is 358 g/mol. The third-order valence-electron chi connectivity index (χ3n) is 4.40. The van der Waals surface area contributed by atoms with Gasteiger partial charge in [0.15, 0.2) is 0 Å². The van der Waals surface area contributed by atoms with E-state index in [-0.39, 0.29) is 25.1 Å². The maximum absolute atomic E-state index is 12.5. The number of carbonyl (C=O) groups is 2. The molecule has 6 heteroatoms. The SMILES string of the molecule is CCC1c2ccsc2CCN1C(=O)CNC(=O)OCc1ccccc1. The zero-order chi connectivity index (χ0) is 17.6. The molecule has 2 amide bonds. The summed E-state index contributed by atoms with van der Waals surface area (Å²) in [7, 11) is 0. The molecule has 1 aromatic carbocycles. The van der Waals surface area contributed by atoms with Crippen molar-refractivity contribution >= 4 is 23.3 Å². The van der Waals surface area contributed by atoms with E-state index in [4.69, 9.17) is 4.74 Å². The first-order valence-electron chi connectivity index (χ1n) is 8.49. The third-order valence-corrected chi connectivity index (χ3v) is 5.40. The van der Waals surface area contributed by atoms with Crippen LogP contribution in [0.4, 0.5) is 4.79 Å². The standard InChI is InChI=1S/C19H22N2O3S/c1-2-16-15-9-11-25-17(15)8-10-21(16)18(22)12-20-19(23)24-13-14-6-4-3-5-7-14/h3-7,9,11,16H,2,8,10,12-13H2,1H3,(H,20,23). The quantitative estimate of drug-likeness (QED) is 0.890. The van der Waals surface area contributed by atoms with Crippen molar-refractivity contribution in [1.82, 2.24) is 10.2 Å². The van der Waals surface area contributed by atoms with E-state index in [9.17, 15) is 9.59 Å². The number of hydrogen-bond acceptors (Lipinski definition) is 4. The Morgan fingerprint density at radius 2 is 2.08 bits per heavy atom. The van der Waals surface area contributed by atoms with Crippen molar-refractivity contribution in [3.63, 3.8) is 0 Å². The number of alkyl carbamates (subject to hydrolysis) is 1. The summed E-state index contributed by atoms with van der Waals surface area (Å²) < 4.78 is 5.14. The Labute approximate surface area is 151 Å². The molecule has 1 aliphatic rings. The van der Waals surface area contributed by atoms with Crippen molar-refractivity contribution in [2.45, 2.75) is 32.4 Å². The summed E-state index contributed by atoms with van der Waals surface area (Å²) in [6.45, 7) is 2.94. The highest BCUT2D eigenvalue weighted by Gasteiger charge is 2.30. The summed E-state index contributed by atoms with van der Waals surface area (Å²) in [5, 5.41) is 4.65. The van der Waals surface area contributed by atoms with Gasteiger partial charge in [0.05, 0.1) is 6.04 Å². The predicted octanol–water partition coefficient (Wildman–Crippen LogP) is 3.51. The largest absolute Gasteiger partial charge is 0.445 e. The van der Waals surface area contributed by atoms with Gasteiger partial charge < -0.3 is 15.0 Å². The second kappa shape index (κ2) is 8.16. The van der Waals surface area contributed by atoms with Crippen molar-refractivity contribution in [3.05, 3.63) is 57.8 Å². The summed E-state index contributed by atoms with van der Waals surface area (Å²) in [5.74, 6) is -0.0691. The minimum atomic E-state index is -0.571. The Balaban J connectivity index is 1.50. The summed E-state index contributed by atoms with van der Waals surface area (Å²) in [5.41, 5.74) is 2.16.